The number of sulfonamides is 1. The second-order valence-electron chi connectivity index (χ2n) is 8.26. The number of likely N-dealkylation sites (N-methyl/N-ethyl adjacent to an activating group) is 1. The molecule has 2 heterocycles. The maximum atomic E-state index is 13.9. The first-order chi connectivity index (χ1) is 18.1. The summed E-state index contributed by atoms with van der Waals surface area (Å²) < 4.78 is 48.3. The van der Waals surface area contributed by atoms with Gasteiger partial charge in [0.15, 0.2) is 5.69 Å². The number of amides is 1. The van der Waals surface area contributed by atoms with Crippen LogP contribution >= 0.6 is 0 Å². The van der Waals surface area contributed by atoms with E-state index in [9.17, 15) is 22.4 Å². The lowest BCUT2D eigenvalue weighted by molar-refractivity contribution is 0.0689. The SMILES string of the molecule is CN(CCc1ccccc1F)C(=O)c1cccc(S(=O)(=O)NCc2cn(Cc3nc(C(=O)O)co3)nn2)c1. The molecule has 12 nitrogen and oxygen atoms in total. The molecule has 4 rings (SSSR count). The highest BCUT2D eigenvalue weighted by Gasteiger charge is 2.19. The third-order valence-corrected chi connectivity index (χ3v) is 6.91. The third kappa shape index (κ3) is 6.46. The average Bonchev–Trinajstić information content (AvgIpc) is 3.56. The first kappa shape index (κ1) is 26.6. The molecule has 0 aliphatic heterocycles. The van der Waals surface area contributed by atoms with Crippen LogP contribution in [0, 0.1) is 5.82 Å². The minimum atomic E-state index is -4.00. The number of nitrogens with one attached hydrogen (secondary N) is 1. The number of nitrogens with zero attached hydrogens (tertiary/aromatic N) is 5. The molecule has 2 N–H and O–H groups in total. The molecule has 4 aromatic rings. The molecule has 0 atom stereocenters. The van der Waals surface area contributed by atoms with E-state index in [0.717, 1.165) is 6.26 Å². The molecule has 0 unspecified atom stereocenters. The molecule has 0 radical (unpaired) electrons. The predicted molar refractivity (Wildman–Crippen MR) is 130 cm³/mol. The van der Waals surface area contributed by atoms with Crippen LogP contribution in [0.15, 0.2) is 70.3 Å². The van der Waals surface area contributed by atoms with Crippen LogP contribution in [0.1, 0.15) is 38.0 Å². The van der Waals surface area contributed by atoms with Gasteiger partial charge in [0, 0.05) is 19.2 Å². The Morgan fingerprint density at radius 2 is 1.97 bits per heavy atom. The highest BCUT2D eigenvalue weighted by Crippen LogP contribution is 2.15. The zero-order valence-corrected chi connectivity index (χ0v) is 20.9. The molecule has 0 saturated carbocycles. The van der Waals surface area contributed by atoms with Gasteiger partial charge in [-0.05, 0) is 36.2 Å². The summed E-state index contributed by atoms with van der Waals surface area (Å²) in [7, 11) is -2.44. The van der Waals surface area contributed by atoms with Gasteiger partial charge in [0.25, 0.3) is 5.91 Å². The van der Waals surface area contributed by atoms with E-state index in [4.69, 9.17) is 9.52 Å². The van der Waals surface area contributed by atoms with E-state index in [1.54, 1.807) is 25.2 Å². The lowest BCUT2D eigenvalue weighted by atomic mass is 10.1. The summed E-state index contributed by atoms with van der Waals surface area (Å²) in [5, 5.41) is 16.6. The molecule has 14 heteroatoms. The molecule has 0 fully saturated rings. The van der Waals surface area contributed by atoms with Crippen LogP contribution in [0.25, 0.3) is 0 Å². The zero-order valence-electron chi connectivity index (χ0n) is 20.1. The standard InChI is InChI=1S/C24H23FN6O6S/c1-30(10-9-16-5-2-3-8-20(16)25)23(32)17-6-4-7-19(11-17)38(35,36)26-12-18-13-31(29-28-18)14-22-27-21(15-37-22)24(33)34/h2-8,11,13,15,26H,9-10,12,14H2,1H3,(H,33,34). The Morgan fingerprint density at radius 3 is 2.71 bits per heavy atom. The van der Waals surface area contributed by atoms with Gasteiger partial charge in [-0.3, -0.25) is 4.79 Å². The number of aromatic carboxylic acids is 1. The van der Waals surface area contributed by atoms with E-state index < -0.39 is 21.9 Å². The van der Waals surface area contributed by atoms with Gasteiger partial charge < -0.3 is 14.4 Å². The number of halogens is 1. The molecule has 0 saturated heterocycles. The number of carbonyl (C=O) groups excluding carboxylic acids is 1. The van der Waals surface area contributed by atoms with Gasteiger partial charge in [-0.25, -0.2) is 32.0 Å². The fourth-order valence-electron chi connectivity index (χ4n) is 3.48. The van der Waals surface area contributed by atoms with E-state index in [0.29, 0.717) is 17.7 Å². The van der Waals surface area contributed by atoms with Crippen LogP contribution in [0.3, 0.4) is 0 Å². The van der Waals surface area contributed by atoms with E-state index in [1.807, 2.05) is 0 Å². The summed E-state index contributed by atoms with van der Waals surface area (Å²) in [6.07, 6.45) is 2.77. The Bertz CT molecular complexity index is 1570. The Kier molecular flexibility index (Phi) is 7.93. The van der Waals surface area contributed by atoms with E-state index in [-0.39, 0.29) is 47.5 Å². The zero-order chi connectivity index (χ0) is 27.3. The van der Waals surface area contributed by atoms with Crippen molar-refractivity contribution in [3.8, 4) is 0 Å². The van der Waals surface area contributed by atoms with Crippen LogP contribution in [0.2, 0.25) is 0 Å². The molecule has 0 aliphatic rings. The number of aromatic nitrogens is 4. The van der Waals surface area contributed by atoms with E-state index in [1.165, 1.54) is 46.1 Å². The summed E-state index contributed by atoms with van der Waals surface area (Å²) in [6, 6.07) is 11.9. The molecule has 38 heavy (non-hydrogen) atoms. The van der Waals surface area contributed by atoms with Crippen LogP contribution < -0.4 is 4.72 Å². The lowest BCUT2D eigenvalue weighted by Gasteiger charge is -2.18. The molecular weight excluding hydrogens is 519 g/mol. The molecule has 0 aliphatic carbocycles. The van der Waals surface area contributed by atoms with Crippen molar-refractivity contribution in [1.82, 2.24) is 29.6 Å². The Balaban J connectivity index is 1.36. The van der Waals surface area contributed by atoms with Crippen molar-refractivity contribution in [3.05, 3.63) is 95.2 Å². The summed E-state index contributed by atoms with van der Waals surface area (Å²) in [5.41, 5.74) is 0.695. The van der Waals surface area contributed by atoms with Crippen molar-refractivity contribution >= 4 is 21.9 Å². The highest BCUT2D eigenvalue weighted by atomic mass is 32.2. The first-order valence-electron chi connectivity index (χ1n) is 11.3. The summed E-state index contributed by atoms with van der Waals surface area (Å²) in [4.78, 5) is 28.8. The van der Waals surface area contributed by atoms with Gasteiger partial charge in [-0.2, -0.15) is 0 Å². The van der Waals surface area contributed by atoms with Crippen LogP contribution in [0.4, 0.5) is 4.39 Å². The Hall–Kier alpha value is -4.43. The summed E-state index contributed by atoms with van der Waals surface area (Å²) in [6.45, 7) is 0.0619. The second-order valence-corrected chi connectivity index (χ2v) is 10.0. The lowest BCUT2D eigenvalue weighted by Crippen LogP contribution is -2.29. The molecule has 198 valence electrons. The number of carboxylic acid groups (broad SMARTS) is 1. The van der Waals surface area contributed by atoms with E-state index in [2.05, 4.69) is 20.0 Å². The smallest absolute Gasteiger partial charge is 0.357 e. The predicted octanol–water partition coefficient (Wildman–Crippen LogP) is 1.94. The molecule has 0 spiro atoms. The number of rotatable bonds is 11. The van der Waals surface area contributed by atoms with Gasteiger partial charge in [0.05, 0.1) is 23.3 Å². The fourth-order valence-corrected chi connectivity index (χ4v) is 4.52. The van der Waals surface area contributed by atoms with Gasteiger partial charge in [-0.15, -0.1) is 5.10 Å². The molecule has 2 aromatic carbocycles. The van der Waals surface area contributed by atoms with Gasteiger partial charge in [0.1, 0.15) is 18.6 Å². The minimum absolute atomic E-state index is 0.00161. The Morgan fingerprint density at radius 1 is 1.18 bits per heavy atom. The van der Waals surface area contributed by atoms with Crippen molar-refractivity contribution in [2.75, 3.05) is 13.6 Å². The van der Waals surface area contributed by atoms with Crippen LogP contribution in [-0.4, -0.2) is 63.9 Å². The number of oxazole rings is 1. The van der Waals surface area contributed by atoms with Crippen LogP contribution in [-0.2, 0) is 29.5 Å². The number of benzene rings is 2. The maximum Gasteiger partial charge on any atom is 0.357 e. The highest BCUT2D eigenvalue weighted by molar-refractivity contribution is 7.89. The Labute approximate surface area is 216 Å². The largest absolute Gasteiger partial charge is 0.476 e. The average molecular weight is 543 g/mol. The van der Waals surface area contributed by atoms with Crippen molar-refractivity contribution in [1.29, 1.82) is 0 Å². The number of carboxylic acids is 1. The van der Waals surface area contributed by atoms with E-state index >= 15 is 0 Å². The van der Waals surface area contributed by atoms with Crippen LogP contribution in [0.5, 0.6) is 0 Å². The monoisotopic (exact) mass is 542 g/mol. The molecule has 1 amide bonds. The fraction of sp³-hybridized carbons (Fsp3) is 0.208. The van der Waals surface area contributed by atoms with Gasteiger partial charge >= 0.3 is 5.97 Å². The number of hydrogen-bond acceptors (Lipinski definition) is 8. The summed E-state index contributed by atoms with van der Waals surface area (Å²) in [5.74, 6) is -1.88. The first-order valence-corrected chi connectivity index (χ1v) is 12.8. The van der Waals surface area contributed by atoms with Crippen molar-refractivity contribution in [2.24, 2.45) is 0 Å². The van der Waals surface area contributed by atoms with Crippen molar-refractivity contribution < 1.29 is 31.9 Å². The maximum absolute atomic E-state index is 13.9. The number of hydrogen-bond donors (Lipinski definition) is 2. The second kappa shape index (κ2) is 11.3. The third-order valence-electron chi connectivity index (χ3n) is 5.51. The normalized spacial score (nSPS) is 11.4. The van der Waals surface area contributed by atoms with Gasteiger partial charge in [0.2, 0.25) is 15.9 Å². The number of carbonyl (C=O) groups is 2. The van der Waals surface area contributed by atoms with Crippen molar-refractivity contribution in [2.45, 2.75) is 24.4 Å². The molecule has 0 bridgehead atoms. The minimum Gasteiger partial charge on any atom is -0.476 e. The quantitative estimate of drug-likeness (QED) is 0.289. The molecular formula is C24H23FN6O6S. The molecule has 2 aromatic heterocycles. The summed E-state index contributed by atoms with van der Waals surface area (Å²) >= 11 is 0. The van der Waals surface area contributed by atoms with Crippen molar-refractivity contribution in [3.63, 3.8) is 0 Å². The van der Waals surface area contributed by atoms with Gasteiger partial charge in [-0.1, -0.05) is 29.5 Å². The topological polar surface area (TPSA) is 161 Å².